The Morgan fingerprint density at radius 1 is 0.443 bits per heavy atom. The number of carbonyl (C=O) groups is 2. The zero-order chi connectivity index (χ0) is 63.9. The summed E-state index contributed by atoms with van der Waals surface area (Å²) < 4.78 is 17.7. The predicted molar refractivity (Wildman–Crippen MR) is 370 cm³/mol. The minimum Gasteiger partial charge on any atom is -0.454 e. The molecule has 0 aromatic carbocycles. The molecule has 1 heterocycles. The zero-order valence-corrected chi connectivity index (χ0v) is 56.8. The fourth-order valence-electron chi connectivity index (χ4n) is 11.2. The monoisotopic (exact) mass is 1240 g/mol. The molecule has 1 rings (SSSR count). The van der Waals surface area contributed by atoms with E-state index in [-0.39, 0.29) is 19.4 Å². The molecule has 8 atom stereocenters. The average molecular weight is 1240 g/mol. The Bertz CT molecular complexity index is 1760. The maximum atomic E-state index is 13.5. The van der Waals surface area contributed by atoms with Crippen molar-refractivity contribution in [3.05, 3.63) is 85.1 Å². The Labute approximate surface area is 540 Å². The van der Waals surface area contributed by atoms with E-state index >= 15 is 0 Å². The number of nitrogens with one attached hydrogen (secondary N) is 1. The largest absolute Gasteiger partial charge is 0.454 e. The Morgan fingerprint density at radius 3 is 1.19 bits per heavy atom. The predicted octanol–water partition coefficient (Wildman–Crippen LogP) is 19.2. The van der Waals surface area contributed by atoms with Crippen LogP contribution in [0.5, 0.6) is 0 Å². The van der Waals surface area contributed by atoms with Crippen LogP contribution in [0.15, 0.2) is 85.1 Å². The first-order valence-corrected chi connectivity index (χ1v) is 36.9. The summed E-state index contributed by atoms with van der Waals surface area (Å²) in [7, 11) is 0. The van der Waals surface area contributed by atoms with Gasteiger partial charge in [0.15, 0.2) is 12.4 Å². The second-order valence-corrected chi connectivity index (χ2v) is 25.3. The molecular weight excluding hydrogens is 1100 g/mol. The molecule has 1 aliphatic rings. The van der Waals surface area contributed by atoms with Crippen molar-refractivity contribution in [2.45, 2.75) is 378 Å². The van der Waals surface area contributed by atoms with E-state index in [1.54, 1.807) is 6.08 Å². The molecule has 8 unspecified atom stereocenters. The van der Waals surface area contributed by atoms with Crippen molar-refractivity contribution in [3.63, 3.8) is 0 Å². The number of carbonyl (C=O) groups excluding carboxylic acids is 2. The van der Waals surface area contributed by atoms with Crippen LogP contribution in [0.1, 0.15) is 329 Å². The van der Waals surface area contributed by atoms with Crippen molar-refractivity contribution in [1.29, 1.82) is 0 Å². The third-order valence-corrected chi connectivity index (χ3v) is 17.0. The Morgan fingerprint density at radius 2 is 0.784 bits per heavy atom. The first-order valence-electron chi connectivity index (χ1n) is 36.9. The number of aliphatic hydroxyl groups is 5. The fourth-order valence-corrected chi connectivity index (χ4v) is 11.2. The van der Waals surface area contributed by atoms with Crippen LogP contribution in [-0.2, 0) is 23.8 Å². The van der Waals surface area contributed by atoms with E-state index < -0.39 is 67.4 Å². The molecule has 0 spiro atoms. The highest BCUT2D eigenvalue weighted by Crippen LogP contribution is 2.26. The molecular formula is C77H137NO10. The highest BCUT2D eigenvalue weighted by atomic mass is 16.7. The van der Waals surface area contributed by atoms with Gasteiger partial charge in [0.2, 0.25) is 5.91 Å². The summed E-state index contributed by atoms with van der Waals surface area (Å²) in [6.45, 7) is 5.77. The summed E-state index contributed by atoms with van der Waals surface area (Å²) in [4.78, 5) is 26.7. The Hall–Kier alpha value is -3.16. The van der Waals surface area contributed by atoms with Crippen molar-refractivity contribution in [1.82, 2.24) is 5.32 Å². The van der Waals surface area contributed by atoms with Crippen molar-refractivity contribution in [2.24, 2.45) is 0 Å². The second-order valence-electron chi connectivity index (χ2n) is 25.3. The van der Waals surface area contributed by atoms with Crippen LogP contribution in [0, 0.1) is 0 Å². The number of rotatable bonds is 63. The lowest BCUT2D eigenvalue weighted by molar-refractivity contribution is -0.305. The molecule has 1 fully saturated rings. The molecule has 0 aromatic rings. The third kappa shape index (κ3) is 50.5. The lowest BCUT2D eigenvalue weighted by atomic mass is 9.99. The summed E-state index contributed by atoms with van der Waals surface area (Å²) in [5.74, 6) is -1.19. The van der Waals surface area contributed by atoms with Gasteiger partial charge in [-0.2, -0.15) is 0 Å². The molecule has 0 aromatic heterocycles. The highest BCUT2D eigenvalue weighted by Gasteiger charge is 2.47. The van der Waals surface area contributed by atoms with E-state index in [9.17, 15) is 35.1 Å². The normalized spacial score (nSPS) is 18.7. The zero-order valence-electron chi connectivity index (χ0n) is 56.8. The molecule has 0 saturated carbocycles. The third-order valence-electron chi connectivity index (χ3n) is 17.0. The van der Waals surface area contributed by atoms with Crippen LogP contribution in [0.4, 0.5) is 0 Å². The number of hydrogen-bond donors (Lipinski definition) is 6. The summed E-state index contributed by atoms with van der Waals surface area (Å²) in [5.41, 5.74) is 0. The molecule has 6 N–H and O–H groups in total. The summed E-state index contributed by atoms with van der Waals surface area (Å²) in [6.07, 6.45) is 74.7. The van der Waals surface area contributed by atoms with Crippen molar-refractivity contribution >= 4 is 11.9 Å². The molecule has 1 amide bonds. The van der Waals surface area contributed by atoms with Crippen molar-refractivity contribution in [2.75, 3.05) is 13.2 Å². The average Bonchev–Trinajstić information content (AvgIpc) is 2.54. The molecule has 0 radical (unpaired) electrons. The van der Waals surface area contributed by atoms with Gasteiger partial charge < -0.3 is 45.1 Å². The molecule has 11 heteroatoms. The van der Waals surface area contributed by atoms with Gasteiger partial charge in [0, 0.05) is 6.42 Å². The van der Waals surface area contributed by atoms with Crippen LogP contribution >= 0.6 is 0 Å². The van der Waals surface area contributed by atoms with Gasteiger partial charge in [0.25, 0.3) is 0 Å². The molecule has 0 aliphatic carbocycles. The molecule has 510 valence electrons. The topological polar surface area (TPSA) is 175 Å². The molecule has 88 heavy (non-hydrogen) atoms. The van der Waals surface area contributed by atoms with Gasteiger partial charge >= 0.3 is 5.97 Å². The lowest BCUT2D eigenvalue weighted by Gasteiger charge is -2.41. The van der Waals surface area contributed by atoms with Crippen molar-refractivity contribution < 1.29 is 49.3 Å². The maximum absolute atomic E-state index is 13.5. The van der Waals surface area contributed by atoms with Crippen LogP contribution < -0.4 is 5.32 Å². The lowest BCUT2D eigenvalue weighted by Crippen LogP contribution is -2.61. The van der Waals surface area contributed by atoms with Gasteiger partial charge in [0.1, 0.15) is 24.4 Å². The van der Waals surface area contributed by atoms with E-state index in [4.69, 9.17) is 14.2 Å². The first kappa shape index (κ1) is 82.9. The number of hydrogen-bond acceptors (Lipinski definition) is 10. The number of aliphatic hydroxyl groups excluding tert-OH is 5. The molecule has 1 saturated heterocycles. The van der Waals surface area contributed by atoms with Crippen LogP contribution in [-0.4, -0.2) is 99.6 Å². The van der Waals surface area contributed by atoms with E-state index in [0.29, 0.717) is 12.8 Å². The van der Waals surface area contributed by atoms with Crippen LogP contribution in [0.25, 0.3) is 0 Å². The molecule has 0 bridgehead atoms. The Kier molecular flexibility index (Phi) is 60.2. The van der Waals surface area contributed by atoms with Gasteiger partial charge in [-0.3, -0.25) is 9.59 Å². The van der Waals surface area contributed by atoms with Crippen molar-refractivity contribution in [3.8, 4) is 0 Å². The smallest absolute Gasteiger partial charge is 0.306 e. The van der Waals surface area contributed by atoms with Gasteiger partial charge in [-0.25, -0.2) is 0 Å². The quantitative estimate of drug-likeness (QED) is 0.0195. The minimum atomic E-state index is -1.62. The van der Waals surface area contributed by atoms with Gasteiger partial charge in [-0.05, 0) is 103 Å². The van der Waals surface area contributed by atoms with Gasteiger partial charge in [-0.15, -0.1) is 0 Å². The number of ether oxygens (including phenoxy) is 3. The highest BCUT2D eigenvalue weighted by molar-refractivity contribution is 5.80. The van der Waals surface area contributed by atoms with E-state index in [0.717, 1.165) is 89.9 Å². The van der Waals surface area contributed by atoms with E-state index in [2.05, 4.69) is 99.0 Å². The maximum Gasteiger partial charge on any atom is 0.306 e. The molecule has 1 aliphatic heterocycles. The summed E-state index contributed by atoms with van der Waals surface area (Å²) >= 11 is 0. The second kappa shape index (κ2) is 64.0. The minimum absolute atomic E-state index is 0.119. The fraction of sp³-hybridized carbons (Fsp3) is 0.792. The summed E-state index contributed by atoms with van der Waals surface area (Å²) in [5, 5.41) is 57.3. The number of esters is 1. The number of allylic oxidation sites excluding steroid dienone is 13. The van der Waals surface area contributed by atoms with Crippen LogP contribution in [0.3, 0.4) is 0 Å². The molecule has 11 nitrogen and oxygen atoms in total. The SMILES string of the molecule is CCCCC/C=C\C/C=C\C/C=C\CCCCCCCCCCCCCCC(=O)OC1C(OCC(NC(=O)C(O)CCCCCCCCCCC/C=C\C/C=C\C/C=C\CCCCC)C(O)/C=C/CCCCCCCCCCCC)OC(CO)C(O)C1O. The van der Waals surface area contributed by atoms with Crippen LogP contribution in [0.2, 0.25) is 0 Å². The van der Waals surface area contributed by atoms with E-state index in [1.807, 2.05) is 6.08 Å². The Balaban J connectivity index is 2.56. The van der Waals surface area contributed by atoms with E-state index in [1.165, 1.54) is 193 Å². The first-order chi connectivity index (χ1) is 43.2. The number of amides is 1. The standard InChI is InChI=1S/C77H137NO10/c1-4-7-10-13-16-19-22-25-27-29-31-33-35-36-37-39-41-43-45-47-50-53-56-59-62-65-72(82)88-75-74(84)73(83)71(66-79)87-77(75)86-67-68(69(80)63-60-57-54-51-48-24-21-18-15-12-9-6-3)78-76(85)70(81)64-61-58-55-52-49-46-44-42-40-38-34-32-30-28-26-23-20-17-14-11-8-5-2/h16-17,19-20,25-28,31-34,60,63,68-71,73-75,77,79-81,83-84H,4-15,18,21-24,29-30,35-59,61-62,64-67H2,1-3H3,(H,78,85)/b19-16-,20-17-,27-25-,28-26-,33-31-,34-32-,63-60+. The van der Waals surface area contributed by atoms with Gasteiger partial charge in [-0.1, -0.05) is 305 Å². The van der Waals surface area contributed by atoms with Gasteiger partial charge in [0.05, 0.1) is 25.4 Å². The summed E-state index contributed by atoms with van der Waals surface area (Å²) in [6, 6.07) is -1.03. The number of unbranched alkanes of at least 4 members (excludes halogenated alkanes) is 37.